The standard InChI is InChI=1S/C13H18FN/c1-9-5-4-8-12(9)15-13-10(2)6-3-7-11(13)14/h3,6-7,9,12,15H,4-5,8H2,1-2H3. The minimum atomic E-state index is -0.130. The highest BCUT2D eigenvalue weighted by molar-refractivity contribution is 5.52. The fourth-order valence-electron chi connectivity index (χ4n) is 2.36. The molecule has 0 spiro atoms. The first kappa shape index (κ1) is 10.5. The maximum absolute atomic E-state index is 13.6. The summed E-state index contributed by atoms with van der Waals surface area (Å²) in [5.41, 5.74) is 1.69. The Morgan fingerprint density at radius 2 is 2.13 bits per heavy atom. The van der Waals surface area contributed by atoms with Crippen molar-refractivity contribution in [1.82, 2.24) is 0 Å². The fourth-order valence-corrected chi connectivity index (χ4v) is 2.36. The van der Waals surface area contributed by atoms with Gasteiger partial charge in [0.25, 0.3) is 0 Å². The van der Waals surface area contributed by atoms with Crippen molar-refractivity contribution in [3.63, 3.8) is 0 Å². The first-order valence-corrected chi connectivity index (χ1v) is 5.70. The number of hydrogen-bond acceptors (Lipinski definition) is 1. The van der Waals surface area contributed by atoms with E-state index in [0.717, 1.165) is 12.0 Å². The van der Waals surface area contributed by atoms with Crippen LogP contribution in [0.15, 0.2) is 18.2 Å². The van der Waals surface area contributed by atoms with Gasteiger partial charge in [-0.05, 0) is 37.3 Å². The zero-order valence-corrected chi connectivity index (χ0v) is 9.39. The third kappa shape index (κ3) is 2.14. The molecule has 1 aromatic carbocycles. The number of nitrogens with one attached hydrogen (secondary N) is 1. The van der Waals surface area contributed by atoms with Crippen molar-refractivity contribution in [2.75, 3.05) is 5.32 Å². The smallest absolute Gasteiger partial charge is 0.146 e. The van der Waals surface area contributed by atoms with Crippen LogP contribution in [0.25, 0.3) is 0 Å². The molecule has 0 bridgehead atoms. The average molecular weight is 207 g/mol. The molecule has 15 heavy (non-hydrogen) atoms. The summed E-state index contributed by atoms with van der Waals surface area (Å²) in [7, 11) is 0. The van der Waals surface area contributed by atoms with Gasteiger partial charge in [0.2, 0.25) is 0 Å². The van der Waals surface area contributed by atoms with Gasteiger partial charge in [-0.3, -0.25) is 0 Å². The van der Waals surface area contributed by atoms with Crippen molar-refractivity contribution in [3.8, 4) is 0 Å². The summed E-state index contributed by atoms with van der Waals surface area (Å²) >= 11 is 0. The molecule has 1 aromatic rings. The topological polar surface area (TPSA) is 12.0 Å². The number of anilines is 1. The Kier molecular flexibility index (Phi) is 2.94. The summed E-state index contributed by atoms with van der Waals surface area (Å²) in [6.07, 6.45) is 3.67. The molecule has 0 amide bonds. The molecule has 1 fully saturated rings. The molecule has 0 saturated heterocycles. The highest BCUT2D eigenvalue weighted by Gasteiger charge is 2.24. The van der Waals surface area contributed by atoms with Crippen LogP contribution in [0.3, 0.4) is 0 Å². The summed E-state index contributed by atoms with van der Waals surface area (Å²) in [6, 6.07) is 5.68. The molecule has 0 radical (unpaired) electrons. The van der Waals surface area contributed by atoms with Gasteiger partial charge < -0.3 is 5.32 Å². The number of benzene rings is 1. The van der Waals surface area contributed by atoms with E-state index in [0.29, 0.717) is 17.6 Å². The molecule has 1 saturated carbocycles. The van der Waals surface area contributed by atoms with E-state index >= 15 is 0 Å². The predicted octanol–water partition coefficient (Wildman–Crippen LogP) is 3.73. The van der Waals surface area contributed by atoms with Gasteiger partial charge in [0, 0.05) is 6.04 Å². The van der Waals surface area contributed by atoms with Crippen molar-refractivity contribution >= 4 is 5.69 Å². The van der Waals surface area contributed by atoms with Gasteiger partial charge in [-0.15, -0.1) is 0 Å². The van der Waals surface area contributed by atoms with Gasteiger partial charge in [0.15, 0.2) is 0 Å². The first-order valence-electron chi connectivity index (χ1n) is 5.70. The highest BCUT2D eigenvalue weighted by atomic mass is 19.1. The zero-order chi connectivity index (χ0) is 10.8. The SMILES string of the molecule is Cc1cccc(F)c1NC1CCCC1C. The quantitative estimate of drug-likeness (QED) is 0.779. The molecule has 1 aliphatic carbocycles. The largest absolute Gasteiger partial charge is 0.379 e. The molecule has 2 atom stereocenters. The lowest BCUT2D eigenvalue weighted by molar-refractivity contribution is 0.549. The van der Waals surface area contributed by atoms with Crippen LogP contribution in [0, 0.1) is 18.7 Å². The third-order valence-corrected chi connectivity index (χ3v) is 3.41. The zero-order valence-electron chi connectivity index (χ0n) is 9.39. The van der Waals surface area contributed by atoms with Gasteiger partial charge in [0.1, 0.15) is 5.82 Å². The van der Waals surface area contributed by atoms with E-state index in [2.05, 4.69) is 12.2 Å². The molecule has 1 nitrogen and oxygen atoms in total. The molecule has 0 aliphatic heterocycles. The van der Waals surface area contributed by atoms with Crippen molar-refractivity contribution in [1.29, 1.82) is 0 Å². The molecule has 82 valence electrons. The van der Waals surface area contributed by atoms with Crippen LogP contribution in [0.1, 0.15) is 31.7 Å². The Morgan fingerprint density at radius 1 is 1.33 bits per heavy atom. The van der Waals surface area contributed by atoms with Crippen molar-refractivity contribution in [2.45, 2.75) is 39.2 Å². The second kappa shape index (κ2) is 4.21. The van der Waals surface area contributed by atoms with E-state index in [4.69, 9.17) is 0 Å². The summed E-state index contributed by atoms with van der Waals surface area (Å²) in [6.45, 7) is 4.19. The lowest BCUT2D eigenvalue weighted by atomic mass is 10.1. The Morgan fingerprint density at radius 3 is 2.73 bits per heavy atom. The molecule has 0 aromatic heterocycles. The molecule has 1 N–H and O–H groups in total. The Bertz CT molecular complexity index is 328. The molecule has 1 aliphatic rings. The van der Waals surface area contributed by atoms with Gasteiger partial charge in [0.05, 0.1) is 5.69 Å². The van der Waals surface area contributed by atoms with E-state index < -0.39 is 0 Å². The number of halogens is 1. The Balaban J connectivity index is 2.16. The molecule has 2 unspecified atom stereocenters. The number of hydrogen-bond donors (Lipinski definition) is 1. The van der Waals surface area contributed by atoms with Crippen LogP contribution < -0.4 is 5.32 Å². The van der Waals surface area contributed by atoms with E-state index in [1.165, 1.54) is 18.9 Å². The second-order valence-electron chi connectivity index (χ2n) is 4.59. The lowest BCUT2D eigenvalue weighted by Gasteiger charge is -2.20. The van der Waals surface area contributed by atoms with Gasteiger partial charge in [-0.2, -0.15) is 0 Å². The van der Waals surface area contributed by atoms with Crippen LogP contribution in [-0.2, 0) is 0 Å². The van der Waals surface area contributed by atoms with Gasteiger partial charge in [-0.1, -0.05) is 25.5 Å². The second-order valence-corrected chi connectivity index (χ2v) is 4.59. The minimum Gasteiger partial charge on any atom is -0.379 e. The fraction of sp³-hybridized carbons (Fsp3) is 0.538. The highest BCUT2D eigenvalue weighted by Crippen LogP contribution is 2.30. The van der Waals surface area contributed by atoms with Crippen LogP contribution in [0.2, 0.25) is 0 Å². The van der Waals surface area contributed by atoms with Crippen LogP contribution in [0.4, 0.5) is 10.1 Å². The van der Waals surface area contributed by atoms with E-state index in [-0.39, 0.29) is 5.82 Å². The first-order chi connectivity index (χ1) is 7.18. The van der Waals surface area contributed by atoms with Crippen LogP contribution in [-0.4, -0.2) is 6.04 Å². The summed E-state index contributed by atoms with van der Waals surface area (Å²) < 4.78 is 13.6. The lowest BCUT2D eigenvalue weighted by Crippen LogP contribution is -2.22. The number of aryl methyl sites for hydroxylation is 1. The summed E-state index contributed by atoms with van der Waals surface area (Å²) in [5, 5.41) is 3.35. The number of para-hydroxylation sites is 1. The molecular formula is C13H18FN. The van der Waals surface area contributed by atoms with E-state index in [1.807, 2.05) is 13.0 Å². The minimum absolute atomic E-state index is 0.130. The van der Waals surface area contributed by atoms with E-state index in [1.54, 1.807) is 6.07 Å². The average Bonchev–Trinajstić information content (AvgIpc) is 2.58. The molecular weight excluding hydrogens is 189 g/mol. The van der Waals surface area contributed by atoms with Crippen molar-refractivity contribution in [2.24, 2.45) is 5.92 Å². The normalized spacial score (nSPS) is 25.5. The summed E-state index contributed by atoms with van der Waals surface area (Å²) in [5.74, 6) is 0.526. The van der Waals surface area contributed by atoms with Crippen LogP contribution in [0.5, 0.6) is 0 Å². The van der Waals surface area contributed by atoms with Gasteiger partial charge in [-0.25, -0.2) is 4.39 Å². The molecule has 2 rings (SSSR count). The maximum Gasteiger partial charge on any atom is 0.146 e. The third-order valence-electron chi connectivity index (χ3n) is 3.41. The molecule has 2 heteroatoms. The number of rotatable bonds is 2. The molecule has 0 heterocycles. The van der Waals surface area contributed by atoms with Crippen molar-refractivity contribution < 1.29 is 4.39 Å². The maximum atomic E-state index is 13.6. The van der Waals surface area contributed by atoms with Gasteiger partial charge >= 0.3 is 0 Å². The van der Waals surface area contributed by atoms with E-state index in [9.17, 15) is 4.39 Å². The Labute approximate surface area is 90.7 Å². The predicted molar refractivity (Wildman–Crippen MR) is 61.6 cm³/mol. The van der Waals surface area contributed by atoms with Crippen LogP contribution >= 0.6 is 0 Å². The van der Waals surface area contributed by atoms with Crippen molar-refractivity contribution in [3.05, 3.63) is 29.6 Å². The monoisotopic (exact) mass is 207 g/mol. The summed E-state index contributed by atoms with van der Waals surface area (Å²) in [4.78, 5) is 0. The Hall–Kier alpha value is -1.05.